The van der Waals surface area contributed by atoms with Crippen molar-refractivity contribution in [2.24, 2.45) is 0 Å². The second kappa shape index (κ2) is 4.98. The molecule has 1 rings (SSSR count). The third-order valence-corrected chi connectivity index (χ3v) is 2.52. The first-order valence-electron chi connectivity index (χ1n) is 4.34. The molecule has 0 saturated carbocycles. The summed E-state index contributed by atoms with van der Waals surface area (Å²) < 4.78 is 5.45. The summed E-state index contributed by atoms with van der Waals surface area (Å²) in [6.07, 6.45) is -1.03. The Kier molecular flexibility index (Phi) is 3.89. The zero-order valence-corrected chi connectivity index (χ0v) is 9.89. The molecule has 0 amide bonds. The molecule has 16 heavy (non-hydrogen) atoms. The predicted molar refractivity (Wildman–Crippen MR) is 58.8 cm³/mol. The van der Waals surface area contributed by atoms with Crippen LogP contribution in [-0.4, -0.2) is 28.3 Å². The van der Waals surface area contributed by atoms with E-state index in [9.17, 15) is 9.59 Å². The molecule has 6 heteroatoms. The summed E-state index contributed by atoms with van der Waals surface area (Å²) in [6, 6.07) is 4.26. The number of hydrogen-bond acceptors (Lipinski definition) is 3. The summed E-state index contributed by atoms with van der Waals surface area (Å²) in [7, 11) is 0. The van der Waals surface area contributed by atoms with E-state index in [1.54, 1.807) is 0 Å². The zero-order chi connectivity index (χ0) is 12.3. The van der Waals surface area contributed by atoms with Gasteiger partial charge in [0.1, 0.15) is 5.75 Å². The lowest BCUT2D eigenvalue weighted by atomic mass is 10.2. The van der Waals surface area contributed by atoms with Crippen molar-refractivity contribution >= 4 is 27.9 Å². The molecule has 0 aliphatic carbocycles. The van der Waals surface area contributed by atoms with E-state index in [0.717, 1.165) is 0 Å². The Bertz CT molecular complexity index is 429. The van der Waals surface area contributed by atoms with E-state index in [1.165, 1.54) is 25.1 Å². The molecule has 0 radical (unpaired) electrons. The van der Waals surface area contributed by atoms with Gasteiger partial charge in [-0.1, -0.05) is 0 Å². The van der Waals surface area contributed by atoms with Gasteiger partial charge in [-0.2, -0.15) is 0 Å². The third kappa shape index (κ3) is 2.96. The Morgan fingerprint density at radius 2 is 2.00 bits per heavy atom. The summed E-state index contributed by atoms with van der Waals surface area (Å²) in [5, 5.41) is 17.5. The van der Waals surface area contributed by atoms with Crippen molar-refractivity contribution < 1.29 is 24.5 Å². The van der Waals surface area contributed by atoms with Gasteiger partial charge in [-0.25, -0.2) is 9.59 Å². The van der Waals surface area contributed by atoms with Gasteiger partial charge >= 0.3 is 11.9 Å². The molecule has 0 fully saturated rings. The number of ether oxygens (including phenoxy) is 1. The molecule has 0 bridgehead atoms. The average Bonchev–Trinajstić information content (AvgIpc) is 2.20. The van der Waals surface area contributed by atoms with E-state index < -0.39 is 18.0 Å². The van der Waals surface area contributed by atoms with Gasteiger partial charge in [0.15, 0.2) is 6.10 Å². The van der Waals surface area contributed by atoms with Crippen LogP contribution in [0.1, 0.15) is 17.3 Å². The van der Waals surface area contributed by atoms with Gasteiger partial charge in [0.05, 0.1) is 5.56 Å². The Balaban J connectivity index is 2.95. The van der Waals surface area contributed by atoms with Gasteiger partial charge in [0, 0.05) is 4.47 Å². The highest BCUT2D eigenvalue weighted by atomic mass is 79.9. The second-order valence-electron chi connectivity index (χ2n) is 3.05. The van der Waals surface area contributed by atoms with Crippen molar-refractivity contribution in [1.82, 2.24) is 0 Å². The number of rotatable bonds is 4. The fraction of sp³-hybridized carbons (Fsp3) is 0.200. The van der Waals surface area contributed by atoms with Crippen LogP contribution in [0.5, 0.6) is 5.75 Å². The van der Waals surface area contributed by atoms with Gasteiger partial charge in [-0.05, 0) is 41.1 Å². The summed E-state index contributed by atoms with van der Waals surface area (Å²) in [5.41, 5.74) is 0.0232. The molecule has 2 N–H and O–H groups in total. The number of aromatic carboxylic acids is 1. The molecule has 1 unspecified atom stereocenters. The highest BCUT2D eigenvalue weighted by Gasteiger charge is 2.15. The number of halogens is 1. The highest BCUT2D eigenvalue weighted by molar-refractivity contribution is 9.10. The van der Waals surface area contributed by atoms with E-state index in [4.69, 9.17) is 14.9 Å². The van der Waals surface area contributed by atoms with Crippen LogP contribution in [0, 0.1) is 0 Å². The molecule has 0 saturated heterocycles. The van der Waals surface area contributed by atoms with E-state index >= 15 is 0 Å². The second-order valence-corrected chi connectivity index (χ2v) is 3.90. The van der Waals surface area contributed by atoms with Crippen molar-refractivity contribution in [2.75, 3.05) is 0 Å². The van der Waals surface area contributed by atoms with Crippen molar-refractivity contribution in [3.8, 4) is 5.75 Å². The lowest BCUT2D eigenvalue weighted by Crippen LogP contribution is -2.23. The van der Waals surface area contributed by atoms with Crippen molar-refractivity contribution in [2.45, 2.75) is 13.0 Å². The largest absolute Gasteiger partial charge is 0.479 e. The fourth-order valence-electron chi connectivity index (χ4n) is 0.996. The minimum Gasteiger partial charge on any atom is -0.479 e. The van der Waals surface area contributed by atoms with Gasteiger partial charge in [0.25, 0.3) is 0 Å². The van der Waals surface area contributed by atoms with E-state index in [1.807, 2.05) is 0 Å². The monoisotopic (exact) mass is 288 g/mol. The van der Waals surface area contributed by atoms with Crippen LogP contribution in [0.25, 0.3) is 0 Å². The number of aliphatic carboxylic acids is 1. The van der Waals surface area contributed by atoms with Gasteiger partial charge < -0.3 is 14.9 Å². The van der Waals surface area contributed by atoms with Crippen LogP contribution >= 0.6 is 15.9 Å². The Labute approximate surface area is 99.8 Å². The SMILES string of the molecule is CC(Oc1ccc(Br)c(C(=O)O)c1)C(=O)O. The number of carboxylic acid groups (broad SMARTS) is 2. The van der Waals surface area contributed by atoms with Gasteiger partial charge in [-0.15, -0.1) is 0 Å². The third-order valence-electron chi connectivity index (χ3n) is 1.83. The molecule has 1 aromatic rings. The highest BCUT2D eigenvalue weighted by Crippen LogP contribution is 2.23. The minimum absolute atomic E-state index is 0.0232. The molecule has 1 aromatic carbocycles. The van der Waals surface area contributed by atoms with Crippen molar-refractivity contribution in [3.63, 3.8) is 0 Å². The summed E-state index contributed by atoms with van der Waals surface area (Å²) in [5.74, 6) is -2.02. The molecule has 5 nitrogen and oxygen atoms in total. The van der Waals surface area contributed by atoms with Crippen LogP contribution in [0.15, 0.2) is 22.7 Å². The van der Waals surface area contributed by atoms with Gasteiger partial charge in [-0.3, -0.25) is 0 Å². The number of carboxylic acids is 2. The Morgan fingerprint density at radius 3 is 2.50 bits per heavy atom. The maximum absolute atomic E-state index is 10.8. The lowest BCUT2D eigenvalue weighted by molar-refractivity contribution is -0.144. The Morgan fingerprint density at radius 1 is 1.38 bits per heavy atom. The minimum atomic E-state index is -1.11. The molecular weight excluding hydrogens is 280 g/mol. The van der Waals surface area contributed by atoms with Crippen LogP contribution in [0.2, 0.25) is 0 Å². The molecule has 0 aliphatic rings. The maximum Gasteiger partial charge on any atom is 0.344 e. The lowest BCUT2D eigenvalue weighted by Gasteiger charge is -2.11. The van der Waals surface area contributed by atoms with Crippen molar-refractivity contribution in [3.05, 3.63) is 28.2 Å². The molecule has 0 spiro atoms. The number of benzene rings is 1. The zero-order valence-electron chi connectivity index (χ0n) is 8.31. The number of carbonyl (C=O) groups is 2. The first kappa shape index (κ1) is 12.5. The summed E-state index contributed by atoms with van der Waals surface area (Å²) in [6.45, 7) is 1.37. The van der Waals surface area contributed by atoms with Crippen LogP contribution in [-0.2, 0) is 4.79 Å². The summed E-state index contributed by atoms with van der Waals surface area (Å²) >= 11 is 3.07. The van der Waals surface area contributed by atoms with E-state index in [0.29, 0.717) is 4.47 Å². The quantitative estimate of drug-likeness (QED) is 0.885. The maximum atomic E-state index is 10.8. The molecule has 0 aromatic heterocycles. The fourth-order valence-corrected chi connectivity index (χ4v) is 1.41. The normalized spacial score (nSPS) is 11.9. The van der Waals surface area contributed by atoms with Crippen molar-refractivity contribution in [1.29, 1.82) is 0 Å². The standard InChI is InChI=1S/C10H9BrO5/c1-5(9(12)13)16-6-2-3-8(11)7(4-6)10(14)15/h2-5H,1H3,(H,12,13)(H,14,15). The molecule has 0 heterocycles. The van der Waals surface area contributed by atoms with Crippen LogP contribution in [0.3, 0.4) is 0 Å². The molecule has 1 atom stereocenters. The molecule has 86 valence electrons. The van der Waals surface area contributed by atoms with Crippen LogP contribution in [0.4, 0.5) is 0 Å². The van der Waals surface area contributed by atoms with Gasteiger partial charge in [0.2, 0.25) is 0 Å². The average molecular weight is 289 g/mol. The summed E-state index contributed by atoms with van der Waals surface area (Å²) in [4.78, 5) is 21.3. The first-order chi connectivity index (χ1) is 7.41. The van der Waals surface area contributed by atoms with E-state index in [-0.39, 0.29) is 11.3 Å². The molecule has 0 aliphatic heterocycles. The predicted octanol–water partition coefficient (Wildman–Crippen LogP) is 2.00. The van der Waals surface area contributed by atoms with E-state index in [2.05, 4.69) is 15.9 Å². The Hall–Kier alpha value is -1.56. The first-order valence-corrected chi connectivity index (χ1v) is 5.13. The molecular formula is C10H9BrO5. The number of hydrogen-bond donors (Lipinski definition) is 2. The van der Waals surface area contributed by atoms with Crippen LogP contribution < -0.4 is 4.74 Å². The smallest absolute Gasteiger partial charge is 0.344 e. The topological polar surface area (TPSA) is 83.8 Å².